The second-order valence-electron chi connectivity index (χ2n) is 30.3. The number of hydrogen-bond acceptors (Lipinski definition) is 41. The Kier molecular flexibility index (Phi) is 60.9. The zero-order chi connectivity index (χ0) is 87.3. The van der Waals surface area contributed by atoms with Gasteiger partial charge in [0.25, 0.3) is 0 Å². The first-order chi connectivity index (χ1) is 55.7. The molecule has 0 aliphatic carbocycles. The molecule has 698 valence electrons. The van der Waals surface area contributed by atoms with Crippen LogP contribution in [-0.4, -0.2) is 471 Å². The van der Waals surface area contributed by atoms with Gasteiger partial charge in [0.1, 0.15) is 128 Å². The zero-order valence-electron chi connectivity index (χ0n) is 71.3. The largest absolute Gasteiger partial charge is 1.00 e. The van der Waals surface area contributed by atoms with Crippen LogP contribution in [0.4, 0.5) is 0 Å². The molecule has 5 rings (SSSR count). The minimum absolute atomic E-state index is 0. The molecule has 0 aromatic carbocycles. The van der Waals surface area contributed by atoms with Crippen LogP contribution in [0.15, 0.2) is 0 Å². The zero-order valence-corrected chi connectivity index (χ0v) is 74.1. The molecule has 5 saturated heterocycles. The summed E-state index contributed by atoms with van der Waals surface area (Å²) in [6.45, 7) is 20.3. The fourth-order valence-corrected chi connectivity index (χ4v) is 14.1. The molecule has 5 fully saturated rings. The van der Waals surface area contributed by atoms with E-state index in [9.17, 15) is 79.4 Å². The summed E-state index contributed by atoms with van der Waals surface area (Å²) in [6.07, 6.45) is -26.9. The number of ether oxygens (including phenoxy) is 23. The standard InChI is InChI=1S/C30H58O16.C29H56O18S.C16H32O7.Na/c1-18(2)25-28(41-10-7-32)23(35)27(21(44-25)16-40-13-12-39-15-20(34)14-37-5)46-30-29(42-11-8-33)24(36)26(43-19(3)4)22(45-30)17-38-9-6-31;1-17(2)24-27(42-9-6-31)22(34)26(20(45-24)14-41-12-11-40-13-19(33)16-48(36,37)38)47-29-28(43-10-7-32)23(35)25(44-18(3)4)21(46-29)15-39-8-5-30;1-10(2)14-16(21-8-6-18)13(19)15(22-11(3)4)12(23-14)9-20-7-5-17;/h18-36H,6-17H2,1-5H3;17-35H,5-16H2,1-4H3,(H,36,37,38);10-19H,5-9H2,1-4H3;/q;;;+1/p-1. The number of hydrogen-bond donors (Lipinski definition) is 15. The molecular formula is C75H145NaO41S. The van der Waals surface area contributed by atoms with Gasteiger partial charge in [-0.05, 0) is 59.3 Å². The third-order valence-electron chi connectivity index (χ3n) is 18.4. The summed E-state index contributed by atoms with van der Waals surface area (Å²) in [4.78, 5) is 0. The van der Waals surface area contributed by atoms with Gasteiger partial charge in [-0.1, -0.05) is 41.5 Å². The molecule has 0 radical (unpaired) electrons. The molecule has 0 amide bonds. The Morgan fingerprint density at radius 2 is 0.568 bits per heavy atom. The fourth-order valence-electron chi connectivity index (χ4n) is 13.5. The van der Waals surface area contributed by atoms with Gasteiger partial charge in [0.05, 0.1) is 244 Å². The molecule has 5 aliphatic rings. The van der Waals surface area contributed by atoms with Crippen molar-refractivity contribution >= 4 is 10.1 Å². The van der Waals surface area contributed by atoms with E-state index in [1.807, 2.05) is 55.4 Å². The predicted octanol–water partition coefficient (Wildman–Crippen LogP) is -8.47. The Balaban J connectivity index is 0.000000633. The Labute approximate surface area is 716 Å². The van der Waals surface area contributed by atoms with Gasteiger partial charge in [0.15, 0.2) is 12.6 Å². The van der Waals surface area contributed by atoms with Crippen LogP contribution >= 0.6 is 0 Å². The maximum atomic E-state index is 11.7. The van der Waals surface area contributed by atoms with Crippen LogP contribution in [0.25, 0.3) is 0 Å². The Morgan fingerprint density at radius 1 is 0.322 bits per heavy atom. The molecule has 0 spiro atoms. The number of rotatable bonds is 58. The topological polar surface area (TPSA) is 573 Å². The first-order valence-corrected chi connectivity index (χ1v) is 42.0. The van der Waals surface area contributed by atoms with Crippen LogP contribution in [0.5, 0.6) is 0 Å². The van der Waals surface area contributed by atoms with Gasteiger partial charge in [-0.25, -0.2) is 8.42 Å². The van der Waals surface area contributed by atoms with Crippen molar-refractivity contribution in [2.24, 2.45) is 17.8 Å². The Bertz CT molecular complexity index is 2530. The fraction of sp³-hybridized carbons (Fsp3) is 1.00. The third kappa shape index (κ3) is 40.8. The molecular weight excluding hydrogens is 1610 g/mol. The van der Waals surface area contributed by atoms with Gasteiger partial charge in [-0.2, -0.15) is 0 Å². The summed E-state index contributed by atoms with van der Waals surface area (Å²) in [5.74, 6) is -1.13. The SMILES string of the molecule is CC(C)OC1C(COCCO)OC(C(C)C)C(OCCO)C1O.CC(C)OC1C(COCCO)OC(OC2C(COCCOCC(O)CS(=O)(=O)[O-])OC(C(C)C)C(OCCO)C2O)C(OCCO)C1O.COCC(O)COCCOCC1OC(C(C)C)C(OCCO)C(O)C1OC1OC(COCCO)C(OC(C)C)C(O)C1OCCO.[Na+]. The maximum absolute atomic E-state index is 11.7. The van der Waals surface area contributed by atoms with Crippen molar-refractivity contribution in [3.8, 4) is 0 Å². The second-order valence-corrected chi connectivity index (χ2v) is 31.8. The van der Waals surface area contributed by atoms with Crippen molar-refractivity contribution in [2.45, 2.75) is 267 Å². The van der Waals surface area contributed by atoms with E-state index in [1.165, 1.54) is 7.11 Å². The normalized spacial score (nSPS) is 32.1. The molecule has 0 aromatic heterocycles. The van der Waals surface area contributed by atoms with Crippen LogP contribution in [0, 0.1) is 17.8 Å². The molecule has 41 nitrogen and oxygen atoms in total. The van der Waals surface area contributed by atoms with Gasteiger partial charge >= 0.3 is 29.6 Å². The maximum Gasteiger partial charge on any atom is 1.00 e. The molecule has 27 atom stereocenters. The van der Waals surface area contributed by atoms with Crippen LogP contribution in [0.1, 0.15) is 83.1 Å². The quantitative estimate of drug-likeness (QED) is 0.0153. The van der Waals surface area contributed by atoms with E-state index in [0.717, 1.165) is 0 Å². The van der Waals surface area contributed by atoms with Crippen molar-refractivity contribution in [1.82, 2.24) is 0 Å². The van der Waals surface area contributed by atoms with Crippen LogP contribution < -0.4 is 29.6 Å². The predicted molar refractivity (Wildman–Crippen MR) is 407 cm³/mol. The second kappa shape index (κ2) is 63.4. The van der Waals surface area contributed by atoms with Crippen molar-refractivity contribution < 1.29 is 228 Å². The van der Waals surface area contributed by atoms with E-state index in [0.29, 0.717) is 0 Å². The van der Waals surface area contributed by atoms with Crippen LogP contribution in [0.3, 0.4) is 0 Å². The van der Waals surface area contributed by atoms with Crippen molar-refractivity contribution in [1.29, 1.82) is 0 Å². The summed E-state index contributed by atoms with van der Waals surface area (Å²) in [7, 11) is -3.14. The van der Waals surface area contributed by atoms with Crippen molar-refractivity contribution in [3.63, 3.8) is 0 Å². The van der Waals surface area contributed by atoms with Gasteiger partial charge in [-0.3, -0.25) is 0 Å². The average molecular weight is 1760 g/mol. The van der Waals surface area contributed by atoms with E-state index < -0.39 is 182 Å². The van der Waals surface area contributed by atoms with Crippen molar-refractivity contribution in [2.75, 3.05) is 198 Å². The number of aliphatic hydroxyl groups is 15. The molecule has 0 bridgehead atoms. The van der Waals surface area contributed by atoms with E-state index in [-0.39, 0.29) is 250 Å². The number of aliphatic hydroxyl groups excluding tert-OH is 15. The summed E-state index contributed by atoms with van der Waals surface area (Å²) in [5, 5.41) is 150. The molecule has 0 saturated carbocycles. The van der Waals surface area contributed by atoms with Crippen LogP contribution in [-0.2, 0) is 119 Å². The Morgan fingerprint density at radius 3 is 0.839 bits per heavy atom. The summed E-state index contributed by atoms with van der Waals surface area (Å²) in [6, 6.07) is 0. The third-order valence-corrected chi connectivity index (χ3v) is 19.2. The van der Waals surface area contributed by atoms with E-state index in [4.69, 9.17) is 119 Å². The molecule has 5 heterocycles. The molecule has 0 aromatic rings. The summed E-state index contributed by atoms with van der Waals surface area (Å²) < 4.78 is 166. The summed E-state index contributed by atoms with van der Waals surface area (Å²) >= 11 is 0. The van der Waals surface area contributed by atoms with Gasteiger partial charge in [-0.15, -0.1) is 0 Å². The minimum atomic E-state index is -4.62. The molecule has 27 unspecified atom stereocenters. The van der Waals surface area contributed by atoms with E-state index in [2.05, 4.69) is 0 Å². The summed E-state index contributed by atoms with van der Waals surface area (Å²) in [5.41, 5.74) is 0. The minimum Gasteiger partial charge on any atom is -0.748 e. The molecule has 43 heteroatoms. The van der Waals surface area contributed by atoms with Gasteiger partial charge in [0, 0.05) is 7.11 Å². The monoisotopic (exact) mass is 1760 g/mol. The average Bonchev–Trinajstić information content (AvgIpc) is 0.780. The smallest absolute Gasteiger partial charge is 0.748 e. The van der Waals surface area contributed by atoms with Gasteiger partial charge < -0.3 is 190 Å². The van der Waals surface area contributed by atoms with E-state index >= 15 is 0 Å². The Hall–Kier alpha value is -0.610. The van der Waals surface area contributed by atoms with E-state index in [1.54, 1.807) is 27.7 Å². The van der Waals surface area contributed by atoms with Gasteiger partial charge in [0.2, 0.25) is 0 Å². The molecule has 118 heavy (non-hydrogen) atoms. The molecule has 15 N–H and O–H groups in total. The molecule has 5 aliphatic heterocycles. The van der Waals surface area contributed by atoms with Crippen molar-refractivity contribution in [3.05, 3.63) is 0 Å². The number of methoxy groups -OCH3 is 1. The first-order valence-electron chi connectivity index (χ1n) is 40.5. The first kappa shape index (κ1) is 113. The van der Waals surface area contributed by atoms with Crippen LogP contribution in [0.2, 0.25) is 0 Å².